The Morgan fingerprint density at radius 1 is 1.20 bits per heavy atom. The number of carbonyl (C=O) groups excluding carboxylic acids is 1. The molecule has 25 heavy (non-hydrogen) atoms. The maximum Gasteiger partial charge on any atom is 0.416 e. The quantitative estimate of drug-likeness (QED) is 0.837. The molecule has 1 aromatic rings. The van der Waals surface area contributed by atoms with E-state index in [0.29, 0.717) is 12.3 Å². The fraction of sp³-hybridized carbons (Fsp3) is 0.588. The Labute approximate surface area is 149 Å². The molecule has 0 aromatic heterocycles. The van der Waals surface area contributed by atoms with Crippen molar-refractivity contribution < 1.29 is 18.0 Å². The number of hydrogen-bond acceptors (Lipinski definition) is 4. The highest BCUT2D eigenvalue weighted by Crippen LogP contribution is 2.35. The van der Waals surface area contributed by atoms with Crippen LogP contribution in [0.2, 0.25) is 0 Å². The molecule has 2 fully saturated rings. The van der Waals surface area contributed by atoms with E-state index >= 15 is 0 Å². The Morgan fingerprint density at radius 3 is 2.60 bits per heavy atom. The summed E-state index contributed by atoms with van der Waals surface area (Å²) < 4.78 is 38.0. The van der Waals surface area contributed by atoms with Crippen molar-refractivity contribution >= 4 is 17.7 Å². The van der Waals surface area contributed by atoms with Gasteiger partial charge in [-0.05, 0) is 37.0 Å². The van der Waals surface area contributed by atoms with Gasteiger partial charge in [0.15, 0.2) is 0 Å². The summed E-state index contributed by atoms with van der Waals surface area (Å²) in [6, 6.07) is 4.98. The van der Waals surface area contributed by atoms with Crippen molar-refractivity contribution in [2.24, 2.45) is 5.73 Å². The van der Waals surface area contributed by atoms with Gasteiger partial charge in [0.05, 0.1) is 17.0 Å². The summed E-state index contributed by atoms with van der Waals surface area (Å²) in [6.07, 6.45) is -1.67. The summed E-state index contributed by atoms with van der Waals surface area (Å²) in [7, 11) is 0. The van der Waals surface area contributed by atoms with Gasteiger partial charge in [0.2, 0.25) is 5.91 Å². The number of rotatable bonds is 2. The highest BCUT2D eigenvalue weighted by molar-refractivity contribution is 7.99. The number of likely N-dealkylation sites (tertiary alicyclic amines) is 1. The van der Waals surface area contributed by atoms with Crippen molar-refractivity contribution in [3.05, 3.63) is 35.4 Å². The zero-order valence-corrected chi connectivity index (χ0v) is 14.6. The van der Waals surface area contributed by atoms with Gasteiger partial charge in [-0.25, -0.2) is 0 Å². The second-order valence-electron chi connectivity index (χ2n) is 6.57. The molecule has 2 heterocycles. The molecule has 2 aliphatic rings. The van der Waals surface area contributed by atoms with Crippen LogP contribution in [-0.2, 0) is 11.0 Å². The summed E-state index contributed by atoms with van der Waals surface area (Å²) in [5.41, 5.74) is 6.05. The van der Waals surface area contributed by atoms with E-state index in [1.807, 2.05) is 4.90 Å². The molecule has 2 aliphatic heterocycles. The predicted octanol–water partition coefficient (Wildman–Crippen LogP) is 2.75. The van der Waals surface area contributed by atoms with Crippen LogP contribution in [-0.4, -0.2) is 41.7 Å². The Kier molecular flexibility index (Phi) is 5.60. The van der Waals surface area contributed by atoms with Crippen molar-refractivity contribution in [1.29, 1.82) is 0 Å². The van der Waals surface area contributed by atoms with Gasteiger partial charge in [-0.1, -0.05) is 12.1 Å². The average Bonchev–Trinajstić information content (AvgIpc) is 2.97. The summed E-state index contributed by atoms with van der Waals surface area (Å²) in [6.45, 7) is 1.40. The molecule has 0 bridgehead atoms. The molecule has 0 aliphatic carbocycles. The minimum absolute atomic E-state index is 0.0658. The lowest BCUT2D eigenvalue weighted by Crippen LogP contribution is -2.45. The molecule has 3 unspecified atom stereocenters. The summed E-state index contributed by atoms with van der Waals surface area (Å²) in [5, 5.41) is 3.09. The fourth-order valence-corrected chi connectivity index (χ4v) is 4.45. The third kappa shape index (κ3) is 4.48. The van der Waals surface area contributed by atoms with Crippen LogP contribution in [0.25, 0.3) is 0 Å². The van der Waals surface area contributed by atoms with Gasteiger partial charge in [0.1, 0.15) is 0 Å². The van der Waals surface area contributed by atoms with Crippen LogP contribution >= 0.6 is 11.8 Å². The van der Waals surface area contributed by atoms with E-state index in [1.54, 1.807) is 11.8 Å². The Hall–Kier alpha value is -1.25. The van der Waals surface area contributed by atoms with Crippen molar-refractivity contribution in [2.45, 2.75) is 42.9 Å². The van der Waals surface area contributed by atoms with Crippen LogP contribution in [0.3, 0.4) is 0 Å². The van der Waals surface area contributed by atoms with Crippen LogP contribution in [0.5, 0.6) is 0 Å². The zero-order valence-electron chi connectivity index (χ0n) is 13.8. The molecule has 3 atom stereocenters. The Morgan fingerprint density at radius 2 is 1.92 bits per heavy atom. The number of halogens is 3. The molecule has 2 saturated heterocycles. The van der Waals surface area contributed by atoms with E-state index in [-0.39, 0.29) is 23.4 Å². The lowest BCUT2D eigenvalue weighted by molar-refractivity contribution is -0.137. The number of benzene rings is 1. The van der Waals surface area contributed by atoms with Crippen LogP contribution in [0.15, 0.2) is 24.3 Å². The predicted molar refractivity (Wildman–Crippen MR) is 92.0 cm³/mol. The van der Waals surface area contributed by atoms with E-state index in [1.165, 1.54) is 12.1 Å². The fourth-order valence-electron chi connectivity index (χ4n) is 3.22. The first kappa shape index (κ1) is 18.5. The van der Waals surface area contributed by atoms with E-state index in [4.69, 9.17) is 5.73 Å². The first-order valence-electron chi connectivity index (χ1n) is 8.44. The molecular weight excluding hydrogens is 351 g/mol. The molecule has 4 nitrogen and oxygen atoms in total. The SMILES string of the molecule is NC1CCCN(C(=O)C2CSC(c3ccc(C(F)(F)F)cc3)N2)CC1. The van der Waals surface area contributed by atoms with Crippen molar-refractivity contribution in [3.63, 3.8) is 0 Å². The maximum absolute atomic E-state index is 12.7. The van der Waals surface area contributed by atoms with Crippen molar-refractivity contribution in [3.8, 4) is 0 Å². The number of amides is 1. The standard InChI is InChI=1S/C17H22F3N3OS/c18-17(19,20)12-5-3-11(4-6-12)15-22-14(10-25-15)16(24)23-8-1-2-13(21)7-9-23/h3-6,13-15,22H,1-2,7-10,21H2. The van der Waals surface area contributed by atoms with E-state index < -0.39 is 11.7 Å². The van der Waals surface area contributed by atoms with Gasteiger partial charge in [0, 0.05) is 24.9 Å². The first-order chi connectivity index (χ1) is 11.8. The monoisotopic (exact) mass is 373 g/mol. The van der Waals surface area contributed by atoms with Crippen molar-refractivity contribution in [2.75, 3.05) is 18.8 Å². The molecule has 3 N–H and O–H groups in total. The summed E-state index contributed by atoms with van der Waals surface area (Å²) in [4.78, 5) is 14.5. The summed E-state index contributed by atoms with van der Waals surface area (Å²) >= 11 is 1.55. The Balaban J connectivity index is 1.60. The van der Waals surface area contributed by atoms with Crippen LogP contribution in [0.4, 0.5) is 13.2 Å². The van der Waals surface area contributed by atoms with Crippen LogP contribution in [0, 0.1) is 0 Å². The van der Waals surface area contributed by atoms with Gasteiger partial charge >= 0.3 is 6.18 Å². The zero-order chi connectivity index (χ0) is 18.0. The first-order valence-corrected chi connectivity index (χ1v) is 9.48. The molecule has 1 amide bonds. The molecule has 1 aromatic carbocycles. The van der Waals surface area contributed by atoms with Crippen LogP contribution < -0.4 is 11.1 Å². The maximum atomic E-state index is 12.7. The lowest BCUT2D eigenvalue weighted by atomic mass is 10.1. The third-order valence-electron chi connectivity index (χ3n) is 4.71. The molecular formula is C17H22F3N3OS. The van der Waals surface area contributed by atoms with Crippen molar-refractivity contribution in [1.82, 2.24) is 10.2 Å². The number of nitrogens with one attached hydrogen (secondary N) is 1. The number of nitrogens with zero attached hydrogens (tertiary/aromatic N) is 1. The van der Waals surface area contributed by atoms with Crippen LogP contribution in [0.1, 0.15) is 35.8 Å². The highest BCUT2D eigenvalue weighted by Gasteiger charge is 2.35. The Bertz CT molecular complexity index is 608. The summed E-state index contributed by atoms with van der Waals surface area (Å²) in [5.74, 6) is 0.684. The molecule has 0 radical (unpaired) electrons. The smallest absolute Gasteiger partial charge is 0.341 e. The minimum atomic E-state index is -4.33. The van der Waals surface area contributed by atoms with E-state index in [9.17, 15) is 18.0 Å². The lowest BCUT2D eigenvalue weighted by Gasteiger charge is -2.24. The number of nitrogens with two attached hydrogens (primary N) is 1. The van der Waals surface area contributed by atoms with Gasteiger partial charge in [-0.15, -0.1) is 11.8 Å². The minimum Gasteiger partial charge on any atom is -0.341 e. The van der Waals surface area contributed by atoms with Gasteiger partial charge in [0.25, 0.3) is 0 Å². The topological polar surface area (TPSA) is 58.4 Å². The van der Waals surface area contributed by atoms with Gasteiger partial charge in [-0.3, -0.25) is 10.1 Å². The highest BCUT2D eigenvalue weighted by atomic mass is 32.2. The molecule has 138 valence electrons. The van der Waals surface area contributed by atoms with Gasteiger partial charge in [-0.2, -0.15) is 13.2 Å². The number of carbonyl (C=O) groups is 1. The number of thioether (sulfide) groups is 1. The number of alkyl halides is 3. The third-order valence-corrected chi connectivity index (χ3v) is 5.97. The van der Waals surface area contributed by atoms with Gasteiger partial charge < -0.3 is 10.6 Å². The normalized spacial score (nSPS) is 28.0. The molecule has 8 heteroatoms. The number of hydrogen-bond donors (Lipinski definition) is 2. The molecule has 0 spiro atoms. The van der Waals surface area contributed by atoms with E-state index in [0.717, 1.165) is 43.5 Å². The second-order valence-corrected chi connectivity index (χ2v) is 7.71. The van der Waals surface area contributed by atoms with E-state index in [2.05, 4.69) is 5.32 Å². The largest absolute Gasteiger partial charge is 0.416 e. The second kappa shape index (κ2) is 7.55. The average molecular weight is 373 g/mol. The molecule has 0 saturated carbocycles. The molecule has 3 rings (SSSR count).